The van der Waals surface area contributed by atoms with E-state index >= 15 is 0 Å². The van der Waals surface area contributed by atoms with Gasteiger partial charge in [0.1, 0.15) is 11.6 Å². The summed E-state index contributed by atoms with van der Waals surface area (Å²) in [5.74, 6) is 1.58. The highest BCUT2D eigenvalue weighted by Crippen LogP contribution is 2.30. The minimum absolute atomic E-state index is 0.0474. The maximum absolute atomic E-state index is 13.4. The number of aromatic nitrogens is 2. The second-order valence-electron chi connectivity index (χ2n) is 9.83. The maximum atomic E-state index is 13.4. The lowest BCUT2D eigenvalue weighted by Gasteiger charge is -2.27. The lowest BCUT2D eigenvalue weighted by Crippen LogP contribution is -2.34. The monoisotopic (exact) mass is 453 g/mol. The van der Waals surface area contributed by atoms with Crippen LogP contribution in [0.15, 0.2) is 73.2 Å². The van der Waals surface area contributed by atoms with E-state index in [2.05, 4.69) is 67.1 Å². The molecular formula is C29H31N3O2. The molecule has 0 radical (unpaired) electrons. The molecule has 0 aliphatic heterocycles. The van der Waals surface area contributed by atoms with Gasteiger partial charge in [0.05, 0.1) is 13.7 Å². The van der Waals surface area contributed by atoms with Crippen LogP contribution in [0.5, 0.6) is 5.75 Å². The van der Waals surface area contributed by atoms with Crippen LogP contribution in [0.25, 0.3) is 21.9 Å². The molecule has 2 aromatic carbocycles. The van der Waals surface area contributed by atoms with Crippen molar-refractivity contribution in [1.29, 1.82) is 0 Å². The summed E-state index contributed by atoms with van der Waals surface area (Å²) in [6, 6.07) is 18.4. The number of hydrogen-bond acceptors (Lipinski definition) is 4. The van der Waals surface area contributed by atoms with Crippen molar-refractivity contribution in [3.8, 4) is 16.9 Å². The molecule has 1 amide bonds. The molecule has 0 bridgehead atoms. The number of methoxy groups -OCH3 is 1. The maximum Gasteiger partial charge on any atom is 0.229 e. The molecule has 2 aromatic heterocycles. The van der Waals surface area contributed by atoms with Gasteiger partial charge < -0.3 is 4.74 Å². The Hall–Kier alpha value is -3.73. The fourth-order valence-corrected chi connectivity index (χ4v) is 4.08. The van der Waals surface area contributed by atoms with Gasteiger partial charge in [-0.25, -0.2) is 4.98 Å². The zero-order chi connectivity index (χ0) is 24.3. The number of rotatable bonds is 6. The van der Waals surface area contributed by atoms with Gasteiger partial charge in [-0.1, -0.05) is 51.1 Å². The van der Waals surface area contributed by atoms with Crippen molar-refractivity contribution in [2.24, 2.45) is 5.41 Å². The molecule has 174 valence electrons. The number of aryl methyl sites for hydroxylation is 1. The molecule has 34 heavy (non-hydrogen) atoms. The van der Waals surface area contributed by atoms with Crippen molar-refractivity contribution in [1.82, 2.24) is 9.97 Å². The number of hydrogen-bond donors (Lipinski definition) is 0. The number of anilines is 1. The van der Waals surface area contributed by atoms with Crippen LogP contribution in [0.3, 0.4) is 0 Å². The molecule has 0 atom stereocenters. The van der Waals surface area contributed by atoms with E-state index in [-0.39, 0.29) is 11.3 Å². The molecule has 0 aliphatic carbocycles. The lowest BCUT2D eigenvalue weighted by atomic mass is 9.91. The number of pyridine rings is 2. The number of fused-ring (bicyclic) bond motifs is 1. The lowest BCUT2D eigenvalue weighted by molar-refractivity contribution is -0.120. The number of carbonyl (C=O) groups is 1. The van der Waals surface area contributed by atoms with Crippen molar-refractivity contribution >= 4 is 22.5 Å². The minimum atomic E-state index is -0.131. The Bertz CT molecular complexity index is 1300. The SMILES string of the molecule is COc1ccc(-c2ccc(CN(C(=O)CC(C)(C)C)c3nccc4ccncc34)cc2)cc1C. The predicted molar refractivity (Wildman–Crippen MR) is 138 cm³/mol. The minimum Gasteiger partial charge on any atom is -0.496 e. The van der Waals surface area contributed by atoms with Crippen molar-refractivity contribution in [2.45, 2.75) is 40.7 Å². The van der Waals surface area contributed by atoms with Crippen LogP contribution >= 0.6 is 0 Å². The van der Waals surface area contributed by atoms with E-state index in [0.717, 1.165) is 38.8 Å². The van der Waals surface area contributed by atoms with Crippen LogP contribution in [-0.2, 0) is 11.3 Å². The second kappa shape index (κ2) is 9.64. The van der Waals surface area contributed by atoms with Gasteiger partial charge in [-0.05, 0) is 64.2 Å². The molecular weight excluding hydrogens is 422 g/mol. The zero-order valence-electron chi connectivity index (χ0n) is 20.5. The van der Waals surface area contributed by atoms with Crippen LogP contribution in [0, 0.1) is 12.3 Å². The Kier molecular flexibility index (Phi) is 6.64. The van der Waals surface area contributed by atoms with E-state index in [0.29, 0.717) is 18.8 Å². The average molecular weight is 454 g/mol. The highest BCUT2D eigenvalue weighted by atomic mass is 16.5. The fourth-order valence-electron chi connectivity index (χ4n) is 4.08. The molecule has 0 aliphatic rings. The molecule has 0 saturated heterocycles. The molecule has 0 spiro atoms. The Balaban J connectivity index is 1.66. The highest BCUT2D eigenvalue weighted by molar-refractivity contribution is 6.01. The van der Waals surface area contributed by atoms with E-state index in [1.165, 1.54) is 0 Å². The van der Waals surface area contributed by atoms with Crippen LogP contribution in [0.4, 0.5) is 5.82 Å². The number of benzene rings is 2. The summed E-state index contributed by atoms with van der Waals surface area (Å²) in [7, 11) is 1.68. The molecule has 0 saturated carbocycles. The van der Waals surface area contributed by atoms with Crippen molar-refractivity contribution in [3.05, 3.63) is 84.3 Å². The molecule has 5 heteroatoms. The normalized spacial score (nSPS) is 11.4. The molecule has 4 aromatic rings. The number of amides is 1. The van der Waals surface area contributed by atoms with E-state index in [4.69, 9.17) is 4.74 Å². The van der Waals surface area contributed by atoms with Gasteiger partial charge in [-0.3, -0.25) is 14.7 Å². The van der Waals surface area contributed by atoms with Gasteiger partial charge >= 0.3 is 0 Å². The largest absolute Gasteiger partial charge is 0.496 e. The van der Waals surface area contributed by atoms with Crippen LogP contribution in [0.2, 0.25) is 0 Å². The number of ether oxygens (including phenoxy) is 1. The molecule has 0 unspecified atom stereocenters. The Morgan fingerprint density at radius 2 is 1.68 bits per heavy atom. The van der Waals surface area contributed by atoms with Gasteiger partial charge in [0, 0.05) is 30.4 Å². The molecule has 0 fully saturated rings. The second-order valence-corrected chi connectivity index (χ2v) is 9.83. The van der Waals surface area contributed by atoms with Crippen LogP contribution < -0.4 is 9.64 Å². The Morgan fingerprint density at radius 1 is 0.971 bits per heavy atom. The number of carbonyl (C=O) groups excluding carboxylic acids is 1. The van der Waals surface area contributed by atoms with Gasteiger partial charge in [0.2, 0.25) is 5.91 Å². The van der Waals surface area contributed by atoms with Crippen LogP contribution in [0.1, 0.15) is 38.3 Å². The van der Waals surface area contributed by atoms with E-state index in [9.17, 15) is 4.79 Å². The first-order valence-corrected chi connectivity index (χ1v) is 11.5. The van der Waals surface area contributed by atoms with E-state index in [1.54, 1.807) is 30.6 Å². The standard InChI is InChI=1S/C29H31N3O2/c1-20-16-24(10-11-26(20)34-5)22-8-6-21(7-9-22)19-32(27(33)17-29(2,3)4)28-25-18-30-14-12-23(25)13-15-31-28/h6-16,18H,17,19H2,1-5H3. The van der Waals surface area contributed by atoms with Crippen molar-refractivity contribution < 1.29 is 9.53 Å². The summed E-state index contributed by atoms with van der Waals surface area (Å²) in [5, 5.41) is 1.89. The quantitative estimate of drug-likeness (QED) is 0.331. The third-order valence-corrected chi connectivity index (χ3v) is 5.81. The van der Waals surface area contributed by atoms with Gasteiger partial charge in [-0.2, -0.15) is 0 Å². The highest BCUT2D eigenvalue weighted by Gasteiger charge is 2.25. The summed E-state index contributed by atoms with van der Waals surface area (Å²) < 4.78 is 5.38. The zero-order valence-corrected chi connectivity index (χ0v) is 20.5. The van der Waals surface area contributed by atoms with Crippen molar-refractivity contribution in [2.75, 3.05) is 12.0 Å². The topological polar surface area (TPSA) is 55.3 Å². The fraction of sp³-hybridized carbons (Fsp3) is 0.276. The predicted octanol–water partition coefficient (Wildman–Crippen LogP) is 6.58. The van der Waals surface area contributed by atoms with E-state index < -0.39 is 0 Å². The summed E-state index contributed by atoms with van der Waals surface area (Å²) in [6.45, 7) is 8.71. The van der Waals surface area contributed by atoms with Gasteiger partial charge in [0.25, 0.3) is 0 Å². The number of nitrogens with zero attached hydrogens (tertiary/aromatic N) is 3. The summed E-state index contributed by atoms with van der Waals surface area (Å²) in [6.07, 6.45) is 5.72. The summed E-state index contributed by atoms with van der Waals surface area (Å²) in [5.41, 5.74) is 4.26. The molecule has 2 heterocycles. The average Bonchev–Trinajstić information content (AvgIpc) is 2.81. The van der Waals surface area contributed by atoms with Crippen molar-refractivity contribution in [3.63, 3.8) is 0 Å². The first-order chi connectivity index (χ1) is 16.2. The first-order valence-electron chi connectivity index (χ1n) is 11.5. The Morgan fingerprint density at radius 3 is 2.35 bits per heavy atom. The van der Waals surface area contributed by atoms with Gasteiger partial charge in [-0.15, -0.1) is 0 Å². The van der Waals surface area contributed by atoms with Crippen LogP contribution in [-0.4, -0.2) is 23.0 Å². The third kappa shape index (κ3) is 5.25. The van der Waals surface area contributed by atoms with Gasteiger partial charge in [0.15, 0.2) is 0 Å². The molecule has 4 rings (SSSR count). The summed E-state index contributed by atoms with van der Waals surface area (Å²) in [4.78, 5) is 24.1. The van der Waals surface area contributed by atoms with E-state index in [1.807, 2.05) is 25.1 Å². The summed E-state index contributed by atoms with van der Waals surface area (Å²) >= 11 is 0. The third-order valence-electron chi connectivity index (χ3n) is 5.81. The first kappa shape index (κ1) is 23.4. The smallest absolute Gasteiger partial charge is 0.229 e. The Labute approximate surface area is 201 Å². The molecule has 0 N–H and O–H groups in total. The molecule has 5 nitrogen and oxygen atoms in total.